The largest absolute Gasteiger partial charge is 0.497 e. The van der Waals surface area contributed by atoms with Crippen LogP contribution in [0.25, 0.3) is 0 Å². The molecule has 2 unspecified atom stereocenters. The minimum atomic E-state index is -0.415. The van der Waals surface area contributed by atoms with Gasteiger partial charge in [0.05, 0.1) is 19.3 Å². The Bertz CT molecular complexity index is 346. The Hall–Kier alpha value is -1.06. The Kier molecular flexibility index (Phi) is 6.89. The summed E-state index contributed by atoms with van der Waals surface area (Å²) in [5, 5.41) is 10.2. The van der Waals surface area contributed by atoms with Gasteiger partial charge in [0.2, 0.25) is 0 Å². The zero-order valence-electron chi connectivity index (χ0n) is 12.4. The summed E-state index contributed by atoms with van der Waals surface area (Å²) in [7, 11) is 1.66. The van der Waals surface area contributed by atoms with Crippen molar-refractivity contribution in [1.29, 1.82) is 0 Å². The highest BCUT2D eigenvalue weighted by molar-refractivity contribution is 5.27. The van der Waals surface area contributed by atoms with Gasteiger partial charge in [-0.1, -0.05) is 26.0 Å². The first kappa shape index (κ1) is 16.0. The summed E-state index contributed by atoms with van der Waals surface area (Å²) in [6.07, 6.45) is 1.07. The highest BCUT2D eigenvalue weighted by atomic mass is 16.5. The summed E-state index contributed by atoms with van der Waals surface area (Å²) in [6.45, 7) is 6.77. The molecule has 0 bridgehead atoms. The molecule has 0 amide bonds. The number of hydrogen-bond acceptors (Lipinski definition) is 3. The quantitative estimate of drug-likeness (QED) is 0.786. The monoisotopic (exact) mass is 266 g/mol. The second kappa shape index (κ2) is 8.18. The molecule has 0 aromatic heterocycles. The molecule has 3 nitrogen and oxygen atoms in total. The first-order valence-corrected chi connectivity index (χ1v) is 7.01. The molecule has 2 atom stereocenters. The van der Waals surface area contributed by atoms with Gasteiger partial charge in [0, 0.05) is 6.61 Å². The van der Waals surface area contributed by atoms with Crippen molar-refractivity contribution in [3.63, 3.8) is 0 Å². The first-order valence-electron chi connectivity index (χ1n) is 7.01. The van der Waals surface area contributed by atoms with Gasteiger partial charge < -0.3 is 14.6 Å². The van der Waals surface area contributed by atoms with Crippen LogP contribution in [0, 0.1) is 5.92 Å². The van der Waals surface area contributed by atoms with E-state index in [0.717, 1.165) is 18.6 Å². The molecular formula is C16H26O3. The molecule has 1 aromatic rings. The minimum Gasteiger partial charge on any atom is -0.497 e. The molecule has 0 saturated carbocycles. The van der Waals surface area contributed by atoms with Gasteiger partial charge in [-0.25, -0.2) is 0 Å². The summed E-state index contributed by atoms with van der Waals surface area (Å²) in [5.41, 5.74) is 1.21. The molecule has 1 aromatic carbocycles. The van der Waals surface area contributed by atoms with Crippen LogP contribution in [0.2, 0.25) is 0 Å². The zero-order valence-corrected chi connectivity index (χ0v) is 12.4. The average Bonchev–Trinajstić information content (AvgIpc) is 2.42. The molecule has 19 heavy (non-hydrogen) atoms. The van der Waals surface area contributed by atoms with Gasteiger partial charge in [0.25, 0.3) is 0 Å². The standard InChI is InChI=1S/C16H26O3/c1-5-19-16(12(2)3)15(17)11-8-13-6-9-14(18-4)10-7-13/h6-7,9-10,12,15-17H,5,8,11H2,1-4H3. The van der Waals surface area contributed by atoms with E-state index in [-0.39, 0.29) is 6.10 Å². The maximum Gasteiger partial charge on any atom is 0.118 e. The second-order valence-corrected chi connectivity index (χ2v) is 5.12. The number of methoxy groups -OCH3 is 1. The third-order valence-corrected chi connectivity index (χ3v) is 3.28. The number of aliphatic hydroxyl groups is 1. The van der Waals surface area contributed by atoms with E-state index in [0.29, 0.717) is 12.5 Å². The molecule has 108 valence electrons. The van der Waals surface area contributed by atoms with Crippen molar-refractivity contribution in [3.05, 3.63) is 29.8 Å². The average molecular weight is 266 g/mol. The van der Waals surface area contributed by atoms with Gasteiger partial charge in [0.15, 0.2) is 0 Å². The molecule has 0 spiro atoms. The lowest BCUT2D eigenvalue weighted by Gasteiger charge is -2.26. The molecule has 0 aliphatic heterocycles. The van der Waals surface area contributed by atoms with Gasteiger partial charge >= 0.3 is 0 Å². The lowest BCUT2D eigenvalue weighted by Crippen LogP contribution is -2.34. The van der Waals surface area contributed by atoms with Crippen LogP contribution in [0.1, 0.15) is 32.8 Å². The Balaban J connectivity index is 2.49. The summed E-state index contributed by atoms with van der Waals surface area (Å²) in [5.74, 6) is 1.18. The third kappa shape index (κ3) is 5.21. The molecule has 3 heteroatoms. The fraction of sp³-hybridized carbons (Fsp3) is 0.625. The van der Waals surface area contributed by atoms with Crippen molar-refractivity contribution >= 4 is 0 Å². The Labute approximate surface area is 116 Å². The number of aliphatic hydroxyl groups excluding tert-OH is 1. The third-order valence-electron chi connectivity index (χ3n) is 3.28. The Morgan fingerprint density at radius 2 is 1.79 bits per heavy atom. The van der Waals surface area contributed by atoms with Crippen LogP contribution in [0.5, 0.6) is 5.75 Å². The number of hydrogen-bond donors (Lipinski definition) is 1. The van der Waals surface area contributed by atoms with Crippen LogP contribution in [0.4, 0.5) is 0 Å². The van der Waals surface area contributed by atoms with Crippen molar-refractivity contribution in [2.75, 3.05) is 13.7 Å². The van der Waals surface area contributed by atoms with Crippen molar-refractivity contribution in [3.8, 4) is 5.75 Å². The van der Waals surface area contributed by atoms with Crippen molar-refractivity contribution in [2.45, 2.75) is 45.8 Å². The van der Waals surface area contributed by atoms with Gasteiger partial charge in [-0.05, 0) is 43.4 Å². The van der Waals surface area contributed by atoms with E-state index >= 15 is 0 Å². The topological polar surface area (TPSA) is 38.7 Å². The van der Waals surface area contributed by atoms with E-state index in [1.807, 2.05) is 31.2 Å². The smallest absolute Gasteiger partial charge is 0.118 e. The molecule has 0 heterocycles. The molecule has 0 radical (unpaired) electrons. The predicted molar refractivity (Wildman–Crippen MR) is 77.6 cm³/mol. The van der Waals surface area contributed by atoms with E-state index < -0.39 is 6.10 Å². The number of rotatable bonds is 8. The van der Waals surface area contributed by atoms with E-state index in [4.69, 9.17) is 9.47 Å². The van der Waals surface area contributed by atoms with Crippen LogP contribution in [-0.4, -0.2) is 31.0 Å². The van der Waals surface area contributed by atoms with Crippen LogP contribution < -0.4 is 4.74 Å². The Morgan fingerprint density at radius 1 is 1.16 bits per heavy atom. The molecular weight excluding hydrogens is 240 g/mol. The predicted octanol–water partition coefficient (Wildman–Crippen LogP) is 3.05. The van der Waals surface area contributed by atoms with E-state index in [9.17, 15) is 5.11 Å². The molecule has 1 N–H and O–H groups in total. The van der Waals surface area contributed by atoms with E-state index in [1.165, 1.54) is 5.56 Å². The van der Waals surface area contributed by atoms with Gasteiger partial charge in [-0.2, -0.15) is 0 Å². The van der Waals surface area contributed by atoms with Gasteiger partial charge in [-0.15, -0.1) is 0 Å². The molecule has 0 aliphatic rings. The van der Waals surface area contributed by atoms with Crippen LogP contribution in [0.15, 0.2) is 24.3 Å². The van der Waals surface area contributed by atoms with Crippen molar-refractivity contribution in [1.82, 2.24) is 0 Å². The summed E-state index contributed by atoms with van der Waals surface area (Å²) in [4.78, 5) is 0. The van der Waals surface area contributed by atoms with Crippen molar-refractivity contribution in [2.24, 2.45) is 5.92 Å². The molecule has 0 saturated heterocycles. The second-order valence-electron chi connectivity index (χ2n) is 5.12. The minimum absolute atomic E-state index is 0.0803. The molecule has 0 fully saturated rings. The molecule has 1 rings (SSSR count). The fourth-order valence-corrected chi connectivity index (χ4v) is 2.21. The van der Waals surface area contributed by atoms with Gasteiger partial charge in [-0.3, -0.25) is 0 Å². The SMILES string of the molecule is CCOC(C(C)C)C(O)CCc1ccc(OC)cc1. The molecule has 0 aliphatic carbocycles. The lowest BCUT2D eigenvalue weighted by molar-refractivity contribution is -0.0593. The Morgan fingerprint density at radius 3 is 2.26 bits per heavy atom. The first-order chi connectivity index (χ1) is 9.08. The van der Waals surface area contributed by atoms with E-state index in [1.54, 1.807) is 7.11 Å². The maximum absolute atomic E-state index is 10.2. The summed E-state index contributed by atoms with van der Waals surface area (Å²) >= 11 is 0. The number of benzene rings is 1. The van der Waals surface area contributed by atoms with Crippen LogP contribution >= 0.6 is 0 Å². The van der Waals surface area contributed by atoms with Crippen LogP contribution in [0.3, 0.4) is 0 Å². The lowest BCUT2D eigenvalue weighted by atomic mass is 9.96. The van der Waals surface area contributed by atoms with Crippen molar-refractivity contribution < 1.29 is 14.6 Å². The number of aryl methyl sites for hydroxylation is 1. The highest BCUT2D eigenvalue weighted by Gasteiger charge is 2.22. The van der Waals surface area contributed by atoms with Gasteiger partial charge in [0.1, 0.15) is 5.75 Å². The fourth-order valence-electron chi connectivity index (χ4n) is 2.21. The highest BCUT2D eigenvalue weighted by Crippen LogP contribution is 2.17. The zero-order chi connectivity index (χ0) is 14.3. The summed E-state index contributed by atoms with van der Waals surface area (Å²) < 4.78 is 10.7. The van der Waals surface area contributed by atoms with E-state index in [2.05, 4.69) is 13.8 Å². The number of ether oxygens (including phenoxy) is 2. The normalized spacial score (nSPS) is 14.4. The maximum atomic E-state index is 10.2. The van der Waals surface area contributed by atoms with Crippen LogP contribution in [-0.2, 0) is 11.2 Å². The summed E-state index contributed by atoms with van der Waals surface area (Å²) in [6, 6.07) is 7.97.